The van der Waals surface area contributed by atoms with E-state index in [2.05, 4.69) is 0 Å². The number of ether oxygens (including phenoxy) is 3. The highest BCUT2D eigenvalue weighted by Gasteiger charge is 2.63. The quantitative estimate of drug-likeness (QED) is 0.358. The largest absolute Gasteiger partial charge is 0.465 e. The average Bonchev–Trinajstić information content (AvgIpc) is 3.22. The molecule has 8 heteroatoms. The van der Waals surface area contributed by atoms with Crippen LogP contribution in [0.1, 0.15) is 48.2 Å². The molecule has 2 aliphatic rings. The first kappa shape index (κ1) is 28.1. The Kier molecular flexibility index (Phi) is 7.69. The molecule has 0 unspecified atom stereocenters. The number of unbranched alkanes of at least 4 members (excludes halogenated alkanes) is 1. The normalized spacial score (nSPS) is 19.9. The van der Waals surface area contributed by atoms with Crippen LogP contribution in [0.3, 0.4) is 0 Å². The molecule has 212 valence electrons. The Morgan fingerprint density at radius 2 is 1.49 bits per heavy atom. The molecule has 0 saturated carbocycles. The number of anilines is 2. The third-order valence-electron chi connectivity index (χ3n) is 7.65. The molecule has 1 spiro atoms. The van der Waals surface area contributed by atoms with Crippen molar-refractivity contribution in [3.05, 3.63) is 106 Å². The minimum absolute atomic E-state index is 0.111. The van der Waals surface area contributed by atoms with Crippen LogP contribution in [-0.4, -0.2) is 38.6 Å². The van der Waals surface area contributed by atoms with E-state index >= 15 is 0 Å². The third kappa shape index (κ3) is 4.58. The zero-order valence-electron chi connectivity index (χ0n) is 24.0. The summed E-state index contributed by atoms with van der Waals surface area (Å²) in [4.78, 5) is 45.5. The molecule has 0 saturated heterocycles. The number of para-hydroxylation sites is 1. The van der Waals surface area contributed by atoms with Crippen LogP contribution in [0.25, 0.3) is 0 Å². The summed E-state index contributed by atoms with van der Waals surface area (Å²) >= 11 is 0. The minimum Gasteiger partial charge on any atom is -0.465 e. The second-order valence-electron chi connectivity index (χ2n) is 10.3. The van der Waals surface area contributed by atoms with E-state index in [0.717, 1.165) is 24.0 Å². The molecule has 0 bridgehead atoms. The molecule has 8 nitrogen and oxygen atoms in total. The second-order valence-corrected chi connectivity index (χ2v) is 10.3. The van der Waals surface area contributed by atoms with Crippen molar-refractivity contribution in [1.82, 2.24) is 0 Å². The van der Waals surface area contributed by atoms with Crippen molar-refractivity contribution in [2.45, 2.75) is 45.4 Å². The van der Waals surface area contributed by atoms with Gasteiger partial charge in [-0.1, -0.05) is 79.1 Å². The zero-order chi connectivity index (χ0) is 29.3. The number of aryl methyl sites for hydroxylation is 2. The molecular formula is C33H34N2O6. The van der Waals surface area contributed by atoms with Crippen LogP contribution >= 0.6 is 0 Å². The summed E-state index contributed by atoms with van der Waals surface area (Å²) < 4.78 is 17.5. The number of methoxy groups -OCH3 is 2. The third-order valence-corrected chi connectivity index (χ3v) is 7.65. The first-order valence-electron chi connectivity index (χ1n) is 13.7. The number of carbonyl (C=O) groups is 3. The number of nitrogens with zero attached hydrogens (tertiary/aromatic N) is 2. The molecule has 0 N–H and O–H groups in total. The summed E-state index contributed by atoms with van der Waals surface area (Å²) in [7, 11) is 2.47. The summed E-state index contributed by atoms with van der Waals surface area (Å²) in [5.41, 5.74) is 2.15. The Morgan fingerprint density at radius 3 is 2.10 bits per heavy atom. The highest BCUT2D eigenvalue weighted by Crippen LogP contribution is 2.55. The maximum Gasteiger partial charge on any atom is 0.355 e. The molecule has 2 aliphatic heterocycles. The predicted molar refractivity (Wildman–Crippen MR) is 155 cm³/mol. The van der Waals surface area contributed by atoms with Crippen LogP contribution in [0.2, 0.25) is 0 Å². The minimum atomic E-state index is -1.95. The van der Waals surface area contributed by atoms with Crippen molar-refractivity contribution in [2.75, 3.05) is 30.6 Å². The van der Waals surface area contributed by atoms with E-state index in [4.69, 9.17) is 14.2 Å². The molecule has 0 fully saturated rings. The van der Waals surface area contributed by atoms with Gasteiger partial charge in [0.15, 0.2) is 6.23 Å². The number of hydrogen-bond donors (Lipinski definition) is 0. The zero-order valence-corrected chi connectivity index (χ0v) is 24.0. The number of esters is 2. The van der Waals surface area contributed by atoms with E-state index in [1.54, 1.807) is 21.9 Å². The van der Waals surface area contributed by atoms with E-state index in [1.165, 1.54) is 14.2 Å². The van der Waals surface area contributed by atoms with Crippen LogP contribution in [-0.2, 0) is 34.2 Å². The number of rotatable bonds is 7. The van der Waals surface area contributed by atoms with E-state index in [0.29, 0.717) is 29.0 Å². The monoisotopic (exact) mass is 554 g/mol. The lowest BCUT2D eigenvalue weighted by Gasteiger charge is -2.46. The molecule has 2 atom stereocenters. The van der Waals surface area contributed by atoms with Gasteiger partial charge in [-0.25, -0.2) is 9.59 Å². The summed E-state index contributed by atoms with van der Waals surface area (Å²) in [6.45, 7) is 6.40. The first-order chi connectivity index (χ1) is 19.8. The number of carbonyl (C=O) groups excluding carboxylic acids is 3. The molecule has 41 heavy (non-hydrogen) atoms. The maximum atomic E-state index is 14.6. The fourth-order valence-electron chi connectivity index (χ4n) is 5.56. The van der Waals surface area contributed by atoms with Crippen LogP contribution in [0.4, 0.5) is 11.4 Å². The van der Waals surface area contributed by atoms with Crippen molar-refractivity contribution in [2.24, 2.45) is 0 Å². The fourth-order valence-corrected chi connectivity index (χ4v) is 5.56. The lowest BCUT2D eigenvalue weighted by Crippen LogP contribution is -2.55. The van der Waals surface area contributed by atoms with E-state index < -0.39 is 29.7 Å². The average molecular weight is 555 g/mol. The van der Waals surface area contributed by atoms with Crippen LogP contribution in [0, 0.1) is 13.8 Å². The second kappa shape index (κ2) is 11.2. The highest BCUT2D eigenvalue weighted by atomic mass is 16.6. The number of hydrogen-bond acceptors (Lipinski definition) is 7. The Labute approximate surface area is 240 Å². The number of fused-ring (bicyclic) bond motifs is 2. The first-order valence-corrected chi connectivity index (χ1v) is 13.7. The van der Waals surface area contributed by atoms with Crippen LogP contribution in [0.5, 0.6) is 0 Å². The van der Waals surface area contributed by atoms with Gasteiger partial charge in [0.25, 0.3) is 5.91 Å². The predicted octanol–water partition coefficient (Wildman–Crippen LogP) is 5.48. The van der Waals surface area contributed by atoms with Crippen LogP contribution in [0.15, 0.2) is 84.1 Å². The standard InChI is InChI=1S/C33H34N2O6/c1-6-7-20-34-26-11-9-8-10-25(26)33(32(34)38)27(30(36)39-4)28(31(37)40-5)35(24-18-14-22(3)15-19-24)29(41-33)23-16-12-21(2)13-17-23/h8-19,29H,6-7,20H2,1-5H3/t29-,33+/m0/s1. The summed E-state index contributed by atoms with van der Waals surface area (Å²) in [6, 6.07) is 22.4. The van der Waals surface area contributed by atoms with Gasteiger partial charge < -0.3 is 24.0 Å². The Hall–Kier alpha value is -4.43. The summed E-state index contributed by atoms with van der Waals surface area (Å²) in [6.07, 6.45) is 0.637. The number of benzene rings is 3. The molecule has 0 aliphatic carbocycles. The van der Waals surface area contributed by atoms with Gasteiger partial charge in [-0.05, 0) is 38.5 Å². The smallest absolute Gasteiger partial charge is 0.355 e. The lowest BCUT2D eigenvalue weighted by atomic mass is 9.82. The van der Waals surface area contributed by atoms with Gasteiger partial charge in [0, 0.05) is 23.4 Å². The fraction of sp³-hybridized carbons (Fsp3) is 0.303. The highest BCUT2D eigenvalue weighted by molar-refractivity contribution is 6.17. The van der Waals surface area contributed by atoms with Gasteiger partial charge >= 0.3 is 11.9 Å². The molecular weight excluding hydrogens is 520 g/mol. The van der Waals surface area contributed by atoms with E-state index in [-0.39, 0.29) is 11.3 Å². The lowest BCUT2D eigenvalue weighted by molar-refractivity contribution is -0.159. The number of amides is 1. The van der Waals surface area contributed by atoms with Crippen molar-refractivity contribution in [1.29, 1.82) is 0 Å². The molecule has 1 amide bonds. The Balaban J connectivity index is 1.89. The van der Waals surface area contributed by atoms with Crippen molar-refractivity contribution < 1.29 is 28.6 Å². The summed E-state index contributed by atoms with van der Waals surface area (Å²) in [5, 5.41) is 0. The maximum absolute atomic E-state index is 14.6. The molecule has 0 aromatic heterocycles. The van der Waals surface area contributed by atoms with Gasteiger partial charge in [0.05, 0.1) is 19.9 Å². The van der Waals surface area contributed by atoms with Gasteiger partial charge in [-0.2, -0.15) is 0 Å². The van der Waals surface area contributed by atoms with Gasteiger partial charge in [0.1, 0.15) is 11.3 Å². The SMILES string of the molecule is CCCCN1C(=O)[C@@]2(O[C@@H](c3ccc(C)cc3)N(c3ccc(C)cc3)C(C(=O)OC)=C2C(=O)OC)c2ccccc21. The molecule has 2 heterocycles. The topological polar surface area (TPSA) is 85.4 Å². The van der Waals surface area contributed by atoms with Gasteiger partial charge in [-0.3, -0.25) is 4.79 Å². The van der Waals surface area contributed by atoms with E-state index in [9.17, 15) is 14.4 Å². The molecule has 3 aromatic rings. The van der Waals surface area contributed by atoms with Crippen molar-refractivity contribution in [3.63, 3.8) is 0 Å². The van der Waals surface area contributed by atoms with Crippen LogP contribution < -0.4 is 9.80 Å². The van der Waals surface area contributed by atoms with Crippen molar-refractivity contribution >= 4 is 29.2 Å². The Bertz CT molecular complexity index is 1510. The van der Waals surface area contributed by atoms with E-state index in [1.807, 2.05) is 81.4 Å². The molecule has 3 aromatic carbocycles. The Morgan fingerprint density at radius 1 is 0.878 bits per heavy atom. The molecule has 5 rings (SSSR count). The van der Waals surface area contributed by atoms with Gasteiger partial charge in [-0.15, -0.1) is 0 Å². The molecule has 0 radical (unpaired) electrons. The van der Waals surface area contributed by atoms with Gasteiger partial charge in [0.2, 0.25) is 5.60 Å². The van der Waals surface area contributed by atoms with Crippen molar-refractivity contribution in [3.8, 4) is 0 Å². The summed E-state index contributed by atoms with van der Waals surface area (Å²) in [5.74, 6) is -2.09.